The van der Waals surface area contributed by atoms with Gasteiger partial charge in [-0.15, -0.1) is 20.4 Å². The summed E-state index contributed by atoms with van der Waals surface area (Å²) >= 11 is 0. The van der Waals surface area contributed by atoms with Crippen LogP contribution in [0.3, 0.4) is 0 Å². The van der Waals surface area contributed by atoms with Crippen LogP contribution in [0.2, 0.25) is 0 Å². The predicted molar refractivity (Wildman–Crippen MR) is 101 cm³/mol. The Morgan fingerprint density at radius 1 is 1.14 bits per heavy atom. The third kappa shape index (κ3) is 3.53. The molecule has 2 N–H and O–H groups in total. The van der Waals surface area contributed by atoms with Gasteiger partial charge in [-0.3, -0.25) is 0 Å². The first-order valence-electron chi connectivity index (χ1n) is 9.68. The lowest BCUT2D eigenvalue weighted by Crippen LogP contribution is -2.59. The molecule has 2 aliphatic rings. The largest absolute Gasteiger partial charge is 0.507 e. The van der Waals surface area contributed by atoms with E-state index in [0.29, 0.717) is 35.2 Å². The number of aromatic hydroxyl groups is 1. The number of rotatable bonds is 4. The Labute approximate surface area is 166 Å². The molecule has 2 aromatic heterocycles. The lowest BCUT2D eigenvalue weighted by atomic mass is 9.84. The van der Waals surface area contributed by atoms with Gasteiger partial charge in [-0.05, 0) is 37.1 Å². The standard InChI is InChI=1S/C20H20FN5O3/c21-19-15-3-1-2-12(23-15)9-17(19)29-18-7-6-14(24-25-18)13-5-4-11(8-16(13)27)20-26-22-10-28-20/h4-8,10,12,15,17,19,23,27H,1-3,9H2/t12-,15+,17-,19+/m1/s1. The van der Waals surface area contributed by atoms with Crippen LogP contribution < -0.4 is 10.1 Å². The molecule has 150 valence electrons. The summed E-state index contributed by atoms with van der Waals surface area (Å²) in [5.74, 6) is 0.608. The topological polar surface area (TPSA) is 106 Å². The normalized spacial score (nSPS) is 26.2. The monoisotopic (exact) mass is 397 g/mol. The van der Waals surface area contributed by atoms with Gasteiger partial charge in [-0.25, -0.2) is 4.39 Å². The number of alkyl halides is 1. The SMILES string of the molecule is Oc1cc(-c2nnco2)ccc1-c1ccc(O[C@@H]2C[C@H]3CCC[C@H](N3)[C@@H]2F)nn1. The van der Waals surface area contributed by atoms with Crippen molar-refractivity contribution in [1.29, 1.82) is 0 Å². The van der Waals surface area contributed by atoms with Crippen LogP contribution in [0.4, 0.5) is 4.39 Å². The summed E-state index contributed by atoms with van der Waals surface area (Å²) < 4.78 is 25.6. The quantitative estimate of drug-likeness (QED) is 0.692. The number of ether oxygens (including phenoxy) is 1. The van der Waals surface area contributed by atoms with Gasteiger partial charge in [0.1, 0.15) is 11.9 Å². The van der Waals surface area contributed by atoms with Gasteiger partial charge in [0.05, 0.1) is 5.69 Å². The molecule has 4 atom stereocenters. The van der Waals surface area contributed by atoms with Crippen LogP contribution >= 0.6 is 0 Å². The number of phenolic OH excluding ortho intramolecular Hbond substituents is 1. The smallest absolute Gasteiger partial charge is 0.247 e. The van der Waals surface area contributed by atoms with Gasteiger partial charge in [0.25, 0.3) is 0 Å². The Morgan fingerprint density at radius 2 is 2.07 bits per heavy atom. The highest BCUT2D eigenvalue weighted by Gasteiger charge is 2.41. The molecule has 2 fully saturated rings. The number of nitrogens with zero attached hydrogens (tertiary/aromatic N) is 4. The van der Waals surface area contributed by atoms with Gasteiger partial charge < -0.3 is 19.6 Å². The summed E-state index contributed by atoms with van der Waals surface area (Å²) in [6, 6.07) is 8.47. The number of nitrogens with one attached hydrogen (secondary N) is 1. The average Bonchev–Trinajstić information content (AvgIpc) is 3.28. The first-order chi connectivity index (χ1) is 14.2. The first-order valence-corrected chi connectivity index (χ1v) is 9.68. The van der Waals surface area contributed by atoms with E-state index in [2.05, 4.69) is 25.7 Å². The predicted octanol–water partition coefficient (Wildman–Crippen LogP) is 2.90. The van der Waals surface area contributed by atoms with E-state index in [9.17, 15) is 9.50 Å². The van der Waals surface area contributed by atoms with Gasteiger partial charge in [0.2, 0.25) is 18.2 Å². The first kappa shape index (κ1) is 18.0. The number of hydrogen-bond donors (Lipinski definition) is 2. The highest BCUT2D eigenvalue weighted by Crippen LogP contribution is 2.33. The van der Waals surface area contributed by atoms with Gasteiger partial charge in [-0.1, -0.05) is 6.42 Å². The number of fused-ring (bicyclic) bond motifs is 2. The van der Waals surface area contributed by atoms with E-state index in [1.807, 2.05) is 0 Å². The van der Waals surface area contributed by atoms with Crippen molar-refractivity contribution in [3.05, 3.63) is 36.7 Å². The molecule has 1 aromatic carbocycles. The van der Waals surface area contributed by atoms with E-state index in [-0.39, 0.29) is 17.7 Å². The van der Waals surface area contributed by atoms with E-state index in [4.69, 9.17) is 9.15 Å². The van der Waals surface area contributed by atoms with Crippen molar-refractivity contribution in [3.63, 3.8) is 0 Å². The number of aromatic nitrogens is 4. The third-order valence-corrected chi connectivity index (χ3v) is 5.57. The van der Waals surface area contributed by atoms with E-state index in [1.54, 1.807) is 24.3 Å². The summed E-state index contributed by atoms with van der Waals surface area (Å²) in [4.78, 5) is 0. The zero-order valence-electron chi connectivity index (χ0n) is 15.5. The molecule has 0 radical (unpaired) electrons. The molecule has 3 aromatic rings. The van der Waals surface area contributed by atoms with Crippen LogP contribution in [0.25, 0.3) is 22.7 Å². The molecule has 0 unspecified atom stereocenters. The van der Waals surface area contributed by atoms with Crippen LogP contribution in [0.15, 0.2) is 41.1 Å². The second kappa shape index (κ2) is 7.40. The molecule has 5 rings (SSSR count). The lowest BCUT2D eigenvalue weighted by molar-refractivity contribution is 0.00652. The van der Waals surface area contributed by atoms with E-state index >= 15 is 0 Å². The fourth-order valence-corrected chi connectivity index (χ4v) is 4.14. The zero-order chi connectivity index (χ0) is 19.8. The van der Waals surface area contributed by atoms with Crippen molar-refractivity contribution in [3.8, 4) is 34.3 Å². The van der Waals surface area contributed by atoms with Crippen molar-refractivity contribution in [2.24, 2.45) is 0 Å². The van der Waals surface area contributed by atoms with Crippen molar-refractivity contribution < 1.29 is 18.7 Å². The molecule has 2 saturated heterocycles. The lowest BCUT2D eigenvalue weighted by Gasteiger charge is -2.42. The van der Waals surface area contributed by atoms with Crippen LogP contribution in [-0.4, -0.2) is 49.9 Å². The van der Waals surface area contributed by atoms with Crippen LogP contribution in [0.5, 0.6) is 11.6 Å². The highest BCUT2D eigenvalue weighted by molar-refractivity contribution is 5.71. The van der Waals surface area contributed by atoms with Crippen molar-refractivity contribution in [2.45, 2.75) is 50.0 Å². The van der Waals surface area contributed by atoms with Crippen molar-refractivity contribution in [1.82, 2.24) is 25.7 Å². The van der Waals surface area contributed by atoms with Gasteiger partial charge in [0.15, 0.2) is 6.17 Å². The van der Waals surface area contributed by atoms with Crippen LogP contribution in [0, 0.1) is 0 Å². The Balaban J connectivity index is 1.31. The minimum atomic E-state index is -1.06. The summed E-state index contributed by atoms with van der Waals surface area (Å²) in [6.07, 6.45) is 3.20. The van der Waals surface area contributed by atoms with E-state index in [0.717, 1.165) is 19.3 Å². The number of hydrogen-bond acceptors (Lipinski definition) is 8. The van der Waals surface area contributed by atoms with Gasteiger partial charge in [0, 0.05) is 35.7 Å². The molecule has 9 heteroatoms. The zero-order valence-corrected chi connectivity index (χ0v) is 15.5. The Bertz CT molecular complexity index is 982. The second-order valence-electron chi connectivity index (χ2n) is 7.47. The maximum absolute atomic E-state index is 14.7. The van der Waals surface area contributed by atoms with Crippen molar-refractivity contribution >= 4 is 0 Å². The maximum atomic E-state index is 14.7. The summed E-state index contributed by atoms with van der Waals surface area (Å²) in [7, 11) is 0. The van der Waals surface area contributed by atoms with E-state index < -0.39 is 12.3 Å². The minimum absolute atomic E-state index is 0.0127. The molecule has 0 spiro atoms. The van der Waals surface area contributed by atoms with Crippen LogP contribution in [0.1, 0.15) is 25.7 Å². The van der Waals surface area contributed by atoms with Crippen molar-refractivity contribution in [2.75, 3.05) is 0 Å². The summed E-state index contributed by atoms with van der Waals surface area (Å²) in [5.41, 5.74) is 1.58. The maximum Gasteiger partial charge on any atom is 0.247 e. The average molecular weight is 397 g/mol. The third-order valence-electron chi connectivity index (χ3n) is 5.57. The van der Waals surface area contributed by atoms with Crippen LogP contribution in [-0.2, 0) is 0 Å². The summed E-state index contributed by atoms with van der Waals surface area (Å²) in [6.45, 7) is 0. The molecule has 2 aliphatic heterocycles. The fraction of sp³-hybridized carbons (Fsp3) is 0.400. The number of benzene rings is 1. The molecule has 8 nitrogen and oxygen atoms in total. The molecule has 29 heavy (non-hydrogen) atoms. The molecule has 0 saturated carbocycles. The molecule has 0 aliphatic carbocycles. The van der Waals surface area contributed by atoms with Gasteiger partial charge >= 0.3 is 0 Å². The number of phenols is 1. The molecule has 4 heterocycles. The van der Waals surface area contributed by atoms with E-state index in [1.165, 1.54) is 12.5 Å². The Hall–Kier alpha value is -3.07. The number of halogens is 1. The Morgan fingerprint density at radius 3 is 2.83 bits per heavy atom. The summed E-state index contributed by atoms with van der Waals surface area (Å²) in [5, 5.41) is 29.4. The highest BCUT2D eigenvalue weighted by atomic mass is 19.1. The fourth-order valence-electron chi connectivity index (χ4n) is 4.14. The molecule has 2 bridgehead atoms. The van der Waals surface area contributed by atoms with Gasteiger partial charge in [-0.2, -0.15) is 0 Å². The molecular weight excluding hydrogens is 377 g/mol. The minimum Gasteiger partial charge on any atom is -0.507 e. The Kier molecular flexibility index (Phi) is 4.59. The molecular formula is C20H20FN5O3. The molecule has 0 amide bonds. The second-order valence-corrected chi connectivity index (χ2v) is 7.47. The number of piperidine rings is 2.